The average molecular weight is 291 g/mol. The monoisotopic (exact) mass is 291 g/mol. The van der Waals surface area contributed by atoms with E-state index in [0.717, 1.165) is 0 Å². The van der Waals surface area contributed by atoms with Crippen LogP contribution < -0.4 is 10.6 Å². The summed E-state index contributed by atoms with van der Waals surface area (Å²) in [6.45, 7) is 5.45. The van der Waals surface area contributed by atoms with Crippen molar-refractivity contribution in [1.82, 2.24) is 20.6 Å². The molecule has 9 nitrogen and oxygen atoms in total. The standard InChI is InChI=1S/C12H13N5O4/c1-3-4-13-11(19)12-15-9(17-21-12)6-10(18)14-8-5-7(2)20-16-8/h3,5H,1,4,6H2,2H3,(H,13,19)(H,14,16,18). The van der Waals surface area contributed by atoms with Crippen LogP contribution in [0, 0.1) is 6.92 Å². The van der Waals surface area contributed by atoms with Gasteiger partial charge in [-0.25, -0.2) is 0 Å². The van der Waals surface area contributed by atoms with Crippen molar-refractivity contribution < 1.29 is 18.6 Å². The molecule has 0 aliphatic heterocycles. The Hall–Kier alpha value is -2.97. The van der Waals surface area contributed by atoms with E-state index in [1.54, 1.807) is 13.0 Å². The van der Waals surface area contributed by atoms with Crippen LogP contribution in [-0.4, -0.2) is 33.7 Å². The van der Waals surface area contributed by atoms with E-state index in [1.165, 1.54) is 6.08 Å². The summed E-state index contributed by atoms with van der Waals surface area (Å²) >= 11 is 0. The van der Waals surface area contributed by atoms with Crippen LogP contribution in [0.3, 0.4) is 0 Å². The average Bonchev–Trinajstić information content (AvgIpc) is 3.05. The maximum absolute atomic E-state index is 11.7. The van der Waals surface area contributed by atoms with Crippen molar-refractivity contribution in [3.8, 4) is 0 Å². The second-order valence-corrected chi connectivity index (χ2v) is 4.06. The van der Waals surface area contributed by atoms with Crippen molar-refractivity contribution in [1.29, 1.82) is 0 Å². The minimum atomic E-state index is -0.527. The van der Waals surface area contributed by atoms with Gasteiger partial charge in [0.2, 0.25) is 5.91 Å². The maximum atomic E-state index is 11.7. The van der Waals surface area contributed by atoms with E-state index < -0.39 is 11.8 Å². The molecular formula is C12H13N5O4. The molecule has 2 aromatic rings. The first-order chi connectivity index (χ1) is 10.1. The number of aryl methyl sites for hydroxylation is 1. The van der Waals surface area contributed by atoms with Gasteiger partial charge in [-0.15, -0.1) is 6.58 Å². The van der Waals surface area contributed by atoms with Crippen LogP contribution in [0.25, 0.3) is 0 Å². The Morgan fingerprint density at radius 2 is 2.19 bits per heavy atom. The van der Waals surface area contributed by atoms with Crippen LogP contribution in [0.15, 0.2) is 27.8 Å². The number of carbonyl (C=O) groups is 2. The summed E-state index contributed by atoms with van der Waals surface area (Å²) in [6.07, 6.45) is 1.37. The first kappa shape index (κ1) is 14.4. The Bertz CT molecular complexity index is 660. The van der Waals surface area contributed by atoms with Crippen molar-refractivity contribution >= 4 is 17.6 Å². The van der Waals surface area contributed by atoms with Crippen LogP contribution in [0.5, 0.6) is 0 Å². The van der Waals surface area contributed by atoms with Crippen molar-refractivity contribution in [3.63, 3.8) is 0 Å². The van der Waals surface area contributed by atoms with E-state index in [-0.39, 0.29) is 24.7 Å². The van der Waals surface area contributed by atoms with Crippen molar-refractivity contribution in [3.05, 3.63) is 36.2 Å². The third-order valence-corrected chi connectivity index (χ3v) is 2.28. The molecule has 0 fully saturated rings. The highest BCUT2D eigenvalue weighted by Crippen LogP contribution is 2.07. The Morgan fingerprint density at radius 1 is 1.38 bits per heavy atom. The van der Waals surface area contributed by atoms with Gasteiger partial charge in [0.15, 0.2) is 11.6 Å². The fourth-order valence-electron chi connectivity index (χ4n) is 1.41. The lowest BCUT2D eigenvalue weighted by molar-refractivity contribution is -0.115. The summed E-state index contributed by atoms with van der Waals surface area (Å²) in [4.78, 5) is 27.1. The number of hydrogen-bond acceptors (Lipinski definition) is 7. The van der Waals surface area contributed by atoms with Crippen LogP contribution >= 0.6 is 0 Å². The topological polar surface area (TPSA) is 123 Å². The molecular weight excluding hydrogens is 278 g/mol. The summed E-state index contributed by atoms with van der Waals surface area (Å²) in [6, 6.07) is 1.57. The molecule has 21 heavy (non-hydrogen) atoms. The lowest BCUT2D eigenvalue weighted by Crippen LogP contribution is -2.23. The highest BCUT2D eigenvalue weighted by Gasteiger charge is 2.16. The van der Waals surface area contributed by atoms with Gasteiger partial charge in [-0.1, -0.05) is 16.4 Å². The molecule has 0 unspecified atom stereocenters. The third-order valence-electron chi connectivity index (χ3n) is 2.28. The molecule has 9 heteroatoms. The summed E-state index contributed by atoms with van der Waals surface area (Å²) in [7, 11) is 0. The molecule has 2 N–H and O–H groups in total. The zero-order valence-electron chi connectivity index (χ0n) is 11.3. The minimum absolute atomic E-state index is 0.0940. The fraction of sp³-hybridized carbons (Fsp3) is 0.250. The lowest BCUT2D eigenvalue weighted by atomic mass is 10.3. The Kier molecular flexibility index (Phi) is 4.44. The molecule has 2 heterocycles. The van der Waals surface area contributed by atoms with Gasteiger partial charge in [0, 0.05) is 12.6 Å². The van der Waals surface area contributed by atoms with E-state index in [0.29, 0.717) is 11.6 Å². The molecule has 0 saturated heterocycles. The van der Waals surface area contributed by atoms with Crippen molar-refractivity contribution in [2.24, 2.45) is 0 Å². The number of rotatable bonds is 6. The predicted octanol–water partition coefficient (Wildman–Crippen LogP) is 0.463. The smallest absolute Gasteiger partial charge is 0.315 e. The number of aromatic nitrogens is 3. The van der Waals surface area contributed by atoms with Crippen LogP contribution in [0.4, 0.5) is 5.82 Å². The second kappa shape index (κ2) is 6.46. The predicted molar refractivity (Wildman–Crippen MR) is 70.4 cm³/mol. The zero-order valence-corrected chi connectivity index (χ0v) is 11.3. The fourth-order valence-corrected chi connectivity index (χ4v) is 1.41. The summed E-state index contributed by atoms with van der Waals surface area (Å²) in [5.41, 5.74) is 0. The van der Waals surface area contributed by atoms with Gasteiger partial charge < -0.3 is 19.7 Å². The van der Waals surface area contributed by atoms with E-state index >= 15 is 0 Å². The molecule has 0 aliphatic carbocycles. The van der Waals surface area contributed by atoms with Crippen molar-refractivity contribution in [2.45, 2.75) is 13.3 Å². The molecule has 0 radical (unpaired) electrons. The summed E-state index contributed by atoms with van der Waals surface area (Å²) < 4.78 is 9.57. The highest BCUT2D eigenvalue weighted by atomic mass is 16.5. The molecule has 0 aromatic carbocycles. The Morgan fingerprint density at radius 3 is 2.86 bits per heavy atom. The maximum Gasteiger partial charge on any atom is 0.315 e. The summed E-state index contributed by atoms with van der Waals surface area (Å²) in [5.74, 6) is -0.173. The molecule has 0 atom stereocenters. The molecule has 0 bridgehead atoms. The number of carbonyl (C=O) groups excluding carboxylic acids is 2. The normalized spacial score (nSPS) is 10.1. The van der Waals surface area contributed by atoms with Crippen molar-refractivity contribution in [2.75, 3.05) is 11.9 Å². The van der Waals surface area contributed by atoms with Crippen LogP contribution in [0.2, 0.25) is 0 Å². The molecule has 2 amide bonds. The van der Waals surface area contributed by atoms with E-state index in [9.17, 15) is 9.59 Å². The number of anilines is 1. The molecule has 2 rings (SSSR count). The number of amides is 2. The molecule has 0 spiro atoms. The number of hydrogen-bond donors (Lipinski definition) is 2. The van der Waals surface area contributed by atoms with E-state index in [4.69, 9.17) is 9.05 Å². The molecule has 110 valence electrons. The largest absolute Gasteiger partial charge is 0.360 e. The quantitative estimate of drug-likeness (QED) is 0.741. The van der Waals surface area contributed by atoms with E-state index in [1.807, 2.05) is 0 Å². The minimum Gasteiger partial charge on any atom is -0.360 e. The number of nitrogens with zero attached hydrogens (tertiary/aromatic N) is 3. The summed E-state index contributed by atoms with van der Waals surface area (Å²) in [5, 5.41) is 12.2. The number of nitrogens with one attached hydrogen (secondary N) is 2. The first-order valence-electron chi connectivity index (χ1n) is 6.03. The highest BCUT2D eigenvalue weighted by molar-refractivity contribution is 5.91. The van der Waals surface area contributed by atoms with Gasteiger partial charge in [0.25, 0.3) is 0 Å². The van der Waals surface area contributed by atoms with E-state index in [2.05, 4.69) is 32.5 Å². The van der Waals surface area contributed by atoms with Gasteiger partial charge >= 0.3 is 11.8 Å². The third kappa shape index (κ3) is 4.00. The zero-order chi connectivity index (χ0) is 15.2. The Balaban J connectivity index is 1.91. The van der Waals surface area contributed by atoms with Gasteiger partial charge in [-0.05, 0) is 6.92 Å². The molecule has 0 aliphatic rings. The van der Waals surface area contributed by atoms with Crippen LogP contribution in [0.1, 0.15) is 22.3 Å². The Labute approximate surface area is 119 Å². The van der Waals surface area contributed by atoms with Crippen LogP contribution in [-0.2, 0) is 11.2 Å². The lowest BCUT2D eigenvalue weighted by Gasteiger charge is -1.96. The van der Waals surface area contributed by atoms with Gasteiger partial charge in [-0.2, -0.15) is 4.98 Å². The van der Waals surface area contributed by atoms with Gasteiger partial charge in [0.05, 0.1) is 6.42 Å². The first-order valence-corrected chi connectivity index (χ1v) is 6.03. The van der Waals surface area contributed by atoms with Gasteiger partial charge in [0.1, 0.15) is 5.76 Å². The SMILES string of the molecule is C=CCNC(=O)c1nc(CC(=O)Nc2cc(C)on2)no1. The molecule has 2 aromatic heterocycles. The molecule has 0 saturated carbocycles. The van der Waals surface area contributed by atoms with Gasteiger partial charge in [-0.3, -0.25) is 9.59 Å². The second-order valence-electron chi connectivity index (χ2n) is 4.06.